The number of hydrogen-bond donors (Lipinski definition) is 3. The molecule has 1 unspecified atom stereocenters. The third kappa shape index (κ3) is 3.84. The highest BCUT2D eigenvalue weighted by Crippen LogP contribution is 2.28. The highest BCUT2D eigenvalue weighted by molar-refractivity contribution is 5.99. The fraction of sp³-hybridized carbons (Fsp3) is 0.222. The third-order valence-electron chi connectivity index (χ3n) is 4.13. The Balaban J connectivity index is 1.57. The summed E-state index contributed by atoms with van der Waals surface area (Å²) >= 11 is 0. The first-order chi connectivity index (χ1) is 11.6. The van der Waals surface area contributed by atoms with Crippen molar-refractivity contribution in [3.8, 4) is 0 Å². The van der Waals surface area contributed by atoms with E-state index >= 15 is 0 Å². The zero-order chi connectivity index (χ0) is 16.9. The van der Waals surface area contributed by atoms with E-state index in [4.69, 9.17) is 5.11 Å². The summed E-state index contributed by atoms with van der Waals surface area (Å²) in [5.41, 5.74) is 2.51. The second kappa shape index (κ2) is 7.04. The Morgan fingerprint density at radius 3 is 2.17 bits per heavy atom. The van der Waals surface area contributed by atoms with E-state index in [1.165, 1.54) is 4.90 Å². The van der Waals surface area contributed by atoms with Gasteiger partial charge in [0.1, 0.15) is 0 Å². The van der Waals surface area contributed by atoms with Crippen molar-refractivity contribution in [1.29, 1.82) is 0 Å². The van der Waals surface area contributed by atoms with Gasteiger partial charge in [-0.05, 0) is 36.2 Å². The molecule has 124 valence electrons. The van der Waals surface area contributed by atoms with E-state index in [1.807, 2.05) is 54.6 Å². The summed E-state index contributed by atoms with van der Waals surface area (Å²) in [5.74, 6) is 0.216. The molecule has 3 N–H and O–H groups in total. The van der Waals surface area contributed by atoms with Crippen molar-refractivity contribution in [3.63, 3.8) is 0 Å². The molecule has 1 atom stereocenters. The molecule has 3 rings (SSSR count). The zero-order valence-corrected chi connectivity index (χ0v) is 13.1. The van der Waals surface area contributed by atoms with Crippen molar-refractivity contribution >= 4 is 23.5 Å². The van der Waals surface area contributed by atoms with Crippen LogP contribution in [0.1, 0.15) is 17.9 Å². The molecule has 1 aliphatic rings. The normalized spacial score (nSPS) is 16.7. The summed E-state index contributed by atoms with van der Waals surface area (Å²) in [6.45, 7) is 1.09. The maximum atomic E-state index is 11.9. The number of urea groups is 1. The van der Waals surface area contributed by atoms with Gasteiger partial charge in [-0.15, -0.1) is 0 Å². The molecule has 6 heteroatoms. The topological polar surface area (TPSA) is 81.7 Å². The molecule has 0 radical (unpaired) electrons. The molecule has 0 bridgehead atoms. The van der Waals surface area contributed by atoms with Crippen LogP contribution in [0, 0.1) is 0 Å². The quantitative estimate of drug-likeness (QED) is 0.803. The minimum Gasteiger partial charge on any atom is -0.465 e. The number of rotatable bonds is 3. The first-order valence-corrected chi connectivity index (χ1v) is 7.83. The number of carboxylic acid groups (broad SMARTS) is 1. The fourth-order valence-electron chi connectivity index (χ4n) is 2.86. The molecule has 1 heterocycles. The number of benzene rings is 2. The molecule has 0 aliphatic carbocycles. The molecule has 0 aromatic heterocycles. The lowest BCUT2D eigenvalue weighted by atomic mass is 9.98. The Kier molecular flexibility index (Phi) is 4.65. The first-order valence-electron chi connectivity index (χ1n) is 7.83. The molecule has 0 saturated carbocycles. The van der Waals surface area contributed by atoms with E-state index in [0.29, 0.717) is 18.8 Å². The molecule has 1 saturated heterocycles. The largest absolute Gasteiger partial charge is 0.465 e. The fourth-order valence-corrected chi connectivity index (χ4v) is 2.86. The van der Waals surface area contributed by atoms with Crippen molar-refractivity contribution < 1.29 is 14.7 Å². The van der Waals surface area contributed by atoms with Crippen LogP contribution >= 0.6 is 0 Å². The number of amides is 3. The van der Waals surface area contributed by atoms with Crippen molar-refractivity contribution in [3.05, 3.63) is 60.2 Å². The Morgan fingerprint density at radius 1 is 0.958 bits per heavy atom. The van der Waals surface area contributed by atoms with Gasteiger partial charge >= 0.3 is 12.1 Å². The average molecular weight is 325 g/mol. The predicted molar refractivity (Wildman–Crippen MR) is 92.5 cm³/mol. The second-order valence-electron chi connectivity index (χ2n) is 5.78. The van der Waals surface area contributed by atoms with Crippen LogP contribution in [-0.4, -0.2) is 35.2 Å². The molecule has 0 spiro atoms. The van der Waals surface area contributed by atoms with Crippen LogP contribution < -0.4 is 10.6 Å². The lowest BCUT2D eigenvalue weighted by Crippen LogP contribution is -2.26. The van der Waals surface area contributed by atoms with Crippen LogP contribution in [0.5, 0.6) is 0 Å². The molecule has 2 aromatic carbocycles. The van der Waals surface area contributed by atoms with Gasteiger partial charge in [0.2, 0.25) is 0 Å². The Morgan fingerprint density at radius 2 is 1.58 bits per heavy atom. The highest BCUT2D eigenvalue weighted by Gasteiger charge is 2.26. The van der Waals surface area contributed by atoms with E-state index in [0.717, 1.165) is 17.7 Å². The predicted octanol–water partition coefficient (Wildman–Crippen LogP) is 3.80. The Hall–Kier alpha value is -3.02. The van der Waals surface area contributed by atoms with Gasteiger partial charge in [-0.1, -0.05) is 30.3 Å². The summed E-state index contributed by atoms with van der Waals surface area (Å²) < 4.78 is 0. The number of nitrogens with one attached hydrogen (secondary N) is 2. The van der Waals surface area contributed by atoms with Gasteiger partial charge in [0.05, 0.1) is 0 Å². The molecule has 24 heavy (non-hydrogen) atoms. The minimum absolute atomic E-state index is 0.216. The lowest BCUT2D eigenvalue weighted by molar-refractivity contribution is 0.155. The zero-order valence-electron chi connectivity index (χ0n) is 13.1. The van der Waals surface area contributed by atoms with Gasteiger partial charge in [-0.3, -0.25) is 0 Å². The summed E-state index contributed by atoms with van der Waals surface area (Å²) in [7, 11) is 0. The molecule has 6 nitrogen and oxygen atoms in total. The van der Waals surface area contributed by atoms with Gasteiger partial charge < -0.3 is 20.6 Å². The van der Waals surface area contributed by atoms with Gasteiger partial charge in [-0.25, -0.2) is 9.59 Å². The van der Waals surface area contributed by atoms with Crippen molar-refractivity contribution in [2.45, 2.75) is 12.3 Å². The van der Waals surface area contributed by atoms with Crippen LogP contribution in [0.25, 0.3) is 0 Å². The second-order valence-corrected chi connectivity index (χ2v) is 5.78. The molecule has 1 aliphatic heterocycles. The van der Waals surface area contributed by atoms with Gasteiger partial charge in [-0.2, -0.15) is 0 Å². The lowest BCUT2D eigenvalue weighted by Gasteiger charge is -2.13. The van der Waals surface area contributed by atoms with E-state index in [2.05, 4.69) is 10.6 Å². The van der Waals surface area contributed by atoms with Gasteiger partial charge in [0.25, 0.3) is 0 Å². The first kappa shape index (κ1) is 15.9. The Labute approximate surface area is 140 Å². The van der Waals surface area contributed by atoms with Crippen LogP contribution in [0.15, 0.2) is 54.6 Å². The van der Waals surface area contributed by atoms with Crippen LogP contribution in [0.4, 0.5) is 21.0 Å². The van der Waals surface area contributed by atoms with Crippen LogP contribution in [0.2, 0.25) is 0 Å². The summed E-state index contributed by atoms with van der Waals surface area (Å²) in [5, 5.41) is 14.6. The maximum Gasteiger partial charge on any atom is 0.407 e. The van der Waals surface area contributed by atoms with E-state index in [1.54, 1.807) is 0 Å². The maximum absolute atomic E-state index is 11.9. The summed E-state index contributed by atoms with van der Waals surface area (Å²) in [4.78, 5) is 24.4. The minimum atomic E-state index is -0.867. The Bertz CT molecular complexity index is 716. The third-order valence-corrected chi connectivity index (χ3v) is 4.13. The van der Waals surface area contributed by atoms with E-state index in [-0.39, 0.29) is 11.9 Å². The molecular weight excluding hydrogens is 306 g/mol. The van der Waals surface area contributed by atoms with Crippen LogP contribution in [0.3, 0.4) is 0 Å². The number of para-hydroxylation sites is 1. The van der Waals surface area contributed by atoms with Crippen molar-refractivity contribution in [2.24, 2.45) is 0 Å². The van der Waals surface area contributed by atoms with Crippen molar-refractivity contribution in [1.82, 2.24) is 4.90 Å². The number of carbonyl (C=O) groups is 2. The number of carbonyl (C=O) groups excluding carboxylic acids is 1. The monoisotopic (exact) mass is 325 g/mol. The van der Waals surface area contributed by atoms with Crippen LogP contribution in [-0.2, 0) is 0 Å². The standard InChI is InChI=1S/C18H19N3O3/c22-17(19-15-4-2-1-3-5-15)20-16-8-6-13(7-9-16)14-10-11-21(12-14)18(23)24/h1-9,14H,10-12H2,(H,23,24)(H2,19,20,22). The smallest absolute Gasteiger partial charge is 0.407 e. The molecule has 2 aromatic rings. The van der Waals surface area contributed by atoms with Crippen molar-refractivity contribution in [2.75, 3.05) is 23.7 Å². The number of hydrogen-bond acceptors (Lipinski definition) is 2. The summed E-state index contributed by atoms with van der Waals surface area (Å²) in [6, 6.07) is 16.5. The van der Waals surface area contributed by atoms with Gasteiger partial charge in [0.15, 0.2) is 0 Å². The SMILES string of the molecule is O=C(Nc1ccccc1)Nc1ccc(C2CCN(C(=O)O)C2)cc1. The van der Waals surface area contributed by atoms with E-state index < -0.39 is 6.09 Å². The number of likely N-dealkylation sites (tertiary alicyclic amines) is 1. The average Bonchev–Trinajstić information content (AvgIpc) is 3.07. The molecular formula is C18H19N3O3. The summed E-state index contributed by atoms with van der Waals surface area (Å²) in [6.07, 6.45) is -0.0403. The molecule has 1 fully saturated rings. The highest BCUT2D eigenvalue weighted by atomic mass is 16.4. The molecule has 3 amide bonds. The number of nitrogens with zero attached hydrogens (tertiary/aromatic N) is 1. The van der Waals surface area contributed by atoms with E-state index in [9.17, 15) is 9.59 Å². The van der Waals surface area contributed by atoms with Gasteiger partial charge in [0, 0.05) is 30.4 Å². The number of anilines is 2.